The van der Waals surface area contributed by atoms with Crippen molar-refractivity contribution in [3.8, 4) is 0 Å². The molecule has 1 saturated heterocycles. The molecule has 0 radical (unpaired) electrons. The number of hydrogen-bond acceptors (Lipinski definition) is 3. The maximum atomic E-state index is 5.39. The molecule has 0 atom stereocenters. The van der Waals surface area contributed by atoms with Gasteiger partial charge in [-0.15, -0.1) is 0 Å². The van der Waals surface area contributed by atoms with E-state index in [1.807, 2.05) is 6.20 Å². The number of nitrogens with zero attached hydrogens (tertiary/aromatic N) is 2. The highest BCUT2D eigenvalue weighted by Gasteiger charge is 2.20. The normalized spacial score (nSPS) is 22.4. The summed E-state index contributed by atoms with van der Waals surface area (Å²) >= 11 is 0. The van der Waals surface area contributed by atoms with E-state index in [9.17, 15) is 0 Å². The monoisotopic (exact) mass is 249 g/mol. The standard InChI is InChI=1S/C14H23N3O/c1-2-4-13(3-1)17-8-7-15-14(17)16-11-12-5-9-18-10-6-12/h7-8,12-13H,1-6,9-11H2,(H,15,16). The third kappa shape index (κ3) is 2.69. The minimum Gasteiger partial charge on any atom is -0.381 e. The third-order valence-corrected chi connectivity index (χ3v) is 4.28. The maximum absolute atomic E-state index is 5.39. The van der Waals surface area contributed by atoms with Crippen LogP contribution >= 0.6 is 0 Å². The lowest BCUT2D eigenvalue weighted by Gasteiger charge is -2.23. The summed E-state index contributed by atoms with van der Waals surface area (Å²) in [5.74, 6) is 1.81. The number of ether oxygens (including phenoxy) is 1. The second kappa shape index (κ2) is 5.74. The molecule has 1 aliphatic carbocycles. The Labute approximate surface area is 109 Å². The van der Waals surface area contributed by atoms with Crippen LogP contribution in [0.5, 0.6) is 0 Å². The summed E-state index contributed by atoms with van der Waals surface area (Å²) in [4.78, 5) is 4.47. The van der Waals surface area contributed by atoms with Crippen molar-refractivity contribution in [2.45, 2.75) is 44.6 Å². The van der Waals surface area contributed by atoms with Crippen LogP contribution in [0.25, 0.3) is 0 Å². The first-order valence-electron chi connectivity index (χ1n) is 7.28. The highest BCUT2D eigenvalue weighted by atomic mass is 16.5. The van der Waals surface area contributed by atoms with E-state index in [2.05, 4.69) is 21.1 Å². The molecule has 0 unspecified atom stereocenters. The van der Waals surface area contributed by atoms with Gasteiger partial charge in [-0.2, -0.15) is 0 Å². The molecule has 2 aliphatic rings. The summed E-state index contributed by atoms with van der Waals surface area (Å²) < 4.78 is 7.73. The van der Waals surface area contributed by atoms with E-state index in [1.165, 1.54) is 38.5 Å². The minimum absolute atomic E-state index is 0.671. The van der Waals surface area contributed by atoms with Crippen LogP contribution in [0, 0.1) is 5.92 Å². The van der Waals surface area contributed by atoms with Crippen molar-refractivity contribution in [3.63, 3.8) is 0 Å². The SMILES string of the molecule is c1cn(C2CCCC2)c(NCC2CCOCC2)n1. The smallest absolute Gasteiger partial charge is 0.203 e. The summed E-state index contributed by atoms with van der Waals surface area (Å²) in [6.45, 7) is 2.87. The Morgan fingerprint density at radius 3 is 2.78 bits per heavy atom. The van der Waals surface area contributed by atoms with Crippen molar-refractivity contribution in [2.75, 3.05) is 25.1 Å². The number of aromatic nitrogens is 2. The van der Waals surface area contributed by atoms with Gasteiger partial charge in [-0.25, -0.2) is 4.98 Å². The zero-order chi connectivity index (χ0) is 12.2. The third-order valence-electron chi connectivity index (χ3n) is 4.28. The van der Waals surface area contributed by atoms with E-state index in [4.69, 9.17) is 4.74 Å². The fraction of sp³-hybridized carbons (Fsp3) is 0.786. The van der Waals surface area contributed by atoms with E-state index in [0.717, 1.165) is 31.6 Å². The predicted octanol–water partition coefficient (Wildman–Crippen LogP) is 2.84. The van der Waals surface area contributed by atoms with Crippen LogP contribution in [0.1, 0.15) is 44.6 Å². The Balaban J connectivity index is 1.56. The van der Waals surface area contributed by atoms with Gasteiger partial charge in [-0.05, 0) is 31.6 Å². The molecule has 100 valence electrons. The molecule has 1 N–H and O–H groups in total. The molecule has 1 aromatic rings. The Kier molecular flexibility index (Phi) is 3.84. The first kappa shape index (κ1) is 12.0. The van der Waals surface area contributed by atoms with Crippen LogP contribution in [0.15, 0.2) is 12.4 Å². The van der Waals surface area contributed by atoms with Gasteiger partial charge in [0.2, 0.25) is 5.95 Å². The van der Waals surface area contributed by atoms with Gasteiger partial charge < -0.3 is 14.6 Å². The fourth-order valence-electron chi connectivity index (χ4n) is 3.11. The van der Waals surface area contributed by atoms with Gasteiger partial charge in [0.1, 0.15) is 0 Å². The van der Waals surface area contributed by atoms with Gasteiger partial charge in [0, 0.05) is 38.2 Å². The topological polar surface area (TPSA) is 39.1 Å². The molecule has 18 heavy (non-hydrogen) atoms. The zero-order valence-electron chi connectivity index (χ0n) is 11.0. The highest BCUT2D eigenvalue weighted by molar-refractivity contribution is 5.27. The van der Waals surface area contributed by atoms with Crippen LogP contribution in [0.2, 0.25) is 0 Å². The van der Waals surface area contributed by atoms with E-state index >= 15 is 0 Å². The molecule has 2 heterocycles. The molecule has 0 amide bonds. The van der Waals surface area contributed by atoms with Gasteiger partial charge in [0.15, 0.2) is 0 Å². The number of nitrogens with one attached hydrogen (secondary N) is 1. The molecule has 2 fully saturated rings. The van der Waals surface area contributed by atoms with Gasteiger partial charge >= 0.3 is 0 Å². The number of anilines is 1. The molecular formula is C14H23N3O. The largest absolute Gasteiger partial charge is 0.381 e. The average molecular weight is 249 g/mol. The second-order valence-corrected chi connectivity index (χ2v) is 5.53. The van der Waals surface area contributed by atoms with Crippen molar-refractivity contribution >= 4 is 5.95 Å². The first-order chi connectivity index (χ1) is 8.93. The van der Waals surface area contributed by atoms with Crippen molar-refractivity contribution in [1.29, 1.82) is 0 Å². The molecule has 3 rings (SSSR count). The van der Waals surface area contributed by atoms with Crippen molar-refractivity contribution in [1.82, 2.24) is 9.55 Å². The molecule has 4 heteroatoms. The summed E-state index contributed by atoms with van der Waals surface area (Å²) in [6.07, 6.45) is 11.7. The Hall–Kier alpha value is -1.03. The predicted molar refractivity (Wildman–Crippen MR) is 71.8 cm³/mol. The molecular weight excluding hydrogens is 226 g/mol. The maximum Gasteiger partial charge on any atom is 0.203 e. The quantitative estimate of drug-likeness (QED) is 0.892. The Morgan fingerprint density at radius 2 is 2.00 bits per heavy atom. The molecule has 4 nitrogen and oxygen atoms in total. The molecule has 0 bridgehead atoms. The summed E-state index contributed by atoms with van der Waals surface area (Å²) in [6, 6.07) is 0.671. The molecule has 0 aromatic carbocycles. The lowest BCUT2D eigenvalue weighted by molar-refractivity contribution is 0.0699. The van der Waals surface area contributed by atoms with Gasteiger partial charge in [-0.1, -0.05) is 12.8 Å². The second-order valence-electron chi connectivity index (χ2n) is 5.53. The lowest BCUT2D eigenvalue weighted by Crippen LogP contribution is -2.24. The molecule has 0 spiro atoms. The van der Waals surface area contributed by atoms with Crippen molar-refractivity contribution in [2.24, 2.45) is 5.92 Å². The zero-order valence-corrected chi connectivity index (χ0v) is 11.0. The van der Waals surface area contributed by atoms with Crippen LogP contribution < -0.4 is 5.32 Å². The van der Waals surface area contributed by atoms with Crippen LogP contribution in [0.3, 0.4) is 0 Å². The minimum atomic E-state index is 0.671. The summed E-state index contributed by atoms with van der Waals surface area (Å²) in [5.41, 5.74) is 0. The van der Waals surface area contributed by atoms with Gasteiger partial charge in [0.25, 0.3) is 0 Å². The summed E-state index contributed by atoms with van der Waals surface area (Å²) in [5, 5.41) is 3.54. The van der Waals surface area contributed by atoms with Crippen molar-refractivity contribution < 1.29 is 4.74 Å². The van der Waals surface area contributed by atoms with E-state index in [1.54, 1.807) is 0 Å². The molecule has 1 aromatic heterocycles. The number of rotatable bonds is 4. The molecule has 1 saturated carbocycles. The lowest BCUT2D eigenvalue weighted by atomic mass is 10.0. The number of imidazole rings is 1. The average Bonchev–Trinajstić information content (AvgIpc) is 3.08. The highest BCUT2D eigenvalue weighted by Crippen LogP contribution is 2.31. The van der Waals surface area contributed by atoms with Gasteiger partial charge in [-0.3, -0.25) is 0 Å². The summed E-state index contributed by atoms with van der Waals surface area (Å²) in [7, 11) is 0. The number of hydrogen-bond donors (Lipinski definition) is 1. The van der Waals surface area contributed by atoms with Crippen molar-refractivity contribution in [3.05, 3.63) is 12.4 Å². The fourth-order valence-corrected chi connectivity index (χ4v) is 3.11. The van der Waals surface area contributed by atoms with Gasteiger partial charge in [0.05, 0.1) is 0 Å². The molecule has 1 aliphatic heterocycles. The Bertz CT molecular complexity index is 365. The van der Waals surface area contributed by atoms with Crippen LogP contribution in [-0.4, -0.2) is 29.3 Å². The van der Waals surface area contributed by atoms with E-state index in [0.29, 0.717) is 6.04 Å². The Morgan fingerprint density at radius 1 is 1.22 bits per heavy atom. The first-order valence-corrected chi connectivity index (χ1v) is 7.28. The van der Waals surface area contributed by atoms with E-state index < -0.39 is 0 Å². The van der Waals surface area contributed by atoms with E-state index in [-0.39, 0.29) is 0 Å². The van der Waals surface area contributed by atoms with Crippen LogP contribution in [-0.2, 0) is 4.74 Å². The van der Waals surface area contributed by atoms with Crippen LogP contribution in [0.4, 0.5) is 5.95 Å².